The van der Waals surface area contributed by atoms with Gasteiger partial charge in [0, 0.05) is 29.5 Å². The van der Waals surface area contributed by atoms with E-state index in [-0.39, 0.29) is 5.41 Å². The highest BCUT2D eigenvalue weighted by molar-refractivity contribution is 7.10. The van der Waals surface area contributed by atoms with Crippen LogP contribution < -0.4 is 5.32 Å². The summed E-state index contributed by atoms with van der Waals surface area (Å²) in [5.74, 6) is 0. The van der Waals surface area contributed by atoms with Crippen LogP contribution in [0.3, 0.4) is 0 Å². The fourth-order valence-electron chi connectivity index (χ4n) is 2.98. The average molecular weight is 267 g/mol. The van der Waals surface area contributed by atoms with E-state index in [1.54, 1.807) is 0 Å². The molecule has 3 heteroatoms. The van der Waals surface area contributed by atoms with Gasteiger partial charge in [-0.05, 0) is 43.7 Å². The van der Waals surface area contributed by atoms with Crippen molar-refractivity contribution < 1.29 is 5.11 Å². The Labute approximate surface area is 114 Å². The lowest BCUT2D eigenvalue weighted by atomic mass is 9.74. The van der Waals surface area contributed by atoms with Crippen LogP contribution in [0.4, 0.5) is 0 Å². The fraction of sp³-hybridized carbons (Fsp3) is 0.733. The topological polar surface area (TPSA) is 32.3 Å². The van der Waals surface area contributed by atoms with Gasteiger partial charge in [-0.3, -0.25) is 0 Å². The third kappa shape index (κ3) is 3.14. The summed E-state index contributed by atoms with van der Waals surface area (Å²) in [5, 5.41) is 15.5. The largest absolute Gasteiger partial charge is 0.396 e. The molecule has 1 unspecified atom stereocenters. The number of rotatable bonds is 5. The molecular weight excluding hydrogens is 242 g/mol. The Morgan fingerprint density at radius 3 is 2.67 bits per heavy atom. The van der Waals surface area contributed by atoms with Crippen molar-refractivity contribution in [1.29, 1.82) is 0 Å². The Morgan fingerprint density at radius 1 is 1.39 bits per heavy atom. The summed E-state index contributed by atoms with van der Waals surface area (Å²) in [5.41, 5.74) is 1.51. The van der Waals surface area contributed by atoms with Gasteiger partial charge in [0.25, 0.3) is 0 Å². The van der Waals surface area contributed by atoms with Crippen LogP contribution in [0, 0.1) is 12.3 Å². The lowest BCUT2D eigenvalue weighted by Gasteiger charge is -2.36. The van der Waals surface area contributed by atoms with Crippen LogP contribution in [0.15, 0.2) is 11.4 Å². The molecule has 1 aliphatic carbocycles. The molecular formula is C15H25NOS. The maximum atomic E-state index is 9.70. The van der Waals surface area contributed by atoms with Crippen LogP contribution in [0.5, 0.6) is 0 Å². The van der Waals surface area contributed by atoms with Crippen LogP contribution in [-0.4, -0.2) is 18.3 Å². The minimum absolute atomic E-state index is 0.137. The van der Waals surface area contributed by atoms with E-state index >= 15 is 0 Å². The van der Waals surface area contributed by atoms with E-state index in [2.05, 4.69) is 30.6 Å². The quantitative estimate of drug-likeness (QED) is 0.853. The van der Waals surface area contributed by atoms with Gasteiger partial charge >= 0.3 is 0 Å². The van der Waals surface area contributed by atoms with Crippen molar-refractivity contribution in [2.24, 2.45) is 5.41 Å². The lowest BCUT2D eigenvalue weighted by molar-refractivity contribution is 0.0790. The van der Waals surface area contributed by atoms with E-state index in [0.717, 1.165) is 6.54 Å². The first kappa shape index (κ1) is 14.0. The van der Waals surface area contributed by atoms with Crippen LogP contribution >= 0.6 is 11.3 Å². The van der Waals surface area contributed by atoms with Crippen molar-refractivity contribution in [2.45, 2.75) is 52.0 Å². The second kappa shape index (κ2) is 6.18. The molecule has 0 aromatic carbocycles. The number of hydrogen-bond donors (Lipinski definition) is 2. The Balaban J connectivity index is 1.92. The zero-order valence-corrected chi connectivity index (χ0v) is 12.4. The summed E-state index contributed by atoms with van der Waals surface area (Å²) >= 11 is 1.83. The molecule has 0 spiro atoms. The van der Waals surface area contributed by atoms with E-state index in [4.69, 9.17) is 0 Å². The van der Waals surface area contributed by atoms with Crippen molar-refractivity contribution in [3.05, 3.63) is 21.9 Å². The lowest BCUT2D eigenvalue weighted by Crippen LogP contribution is -2.39. The molecule has 1 aromatic heterocycles. The summed E-state index contributed by atoms with van der Waals surface area (Å²) in [6, 6.07) is 2.58. The smallest absolute Gasteiger partial charge is 0.0499 e. The number of nitrogens with one attached hydrogen (secondary N) is 1. The van der Waals surface area contributed by atoms with Crippen molar-refractivity contribution >= 4 is 11.3 Å². The molecule has 0 radical (unpaired) electrons. The van der Waals surface area contributed by atoms with Gasteiger partial charge in [0.15, 0.2) is 0 Å². The third-order valence-electron chi connectivity index (χ3n) is 4.33. The fourth-order valence-corrected chi connectivity index (χ4v) is 3.94. The Kier molecular flexibility index (Phi) is 4.82. The minimum Gasteiger partial charge on any atom is -0.396 e. The Morgan fingerprint density at radius 2 is 2.11 bits per heavy atom. The highest BCUT2D eigenvalue weighted by Gasteiger charge is 2.31. The van der Waals surface area contributed by atoms with E-state index in [9.17, 15) is 5.11 Å². The number of aliphatic hydroxyl groups is 1. The van der Waals surface area contributed by atoms with Gasteiger partial charge in [-0.2, -0.15) is 0 Å². The first-order chi connectivity index (χ1) is 8.67. The first-order valence-corrected chi connectivity index (χ1v) is 7.93. The van der Waals surface area contributed by atoms with Crippen LogP contribution in [-0.2, 0) is 0 Å². The molecule has 18 heavy (non-hydrogen) atoms. The van der Waals surface area contributed by atoms with Gasteiger partial charge in [0.1, 0.15) is 0 Å². The minimum atomic E-state index is 0.137. The van der Waals surface area contributed by atoms with Gasteiger partial charge < -0.3 is 10.4 Å². The predicted molar refractivity (Wildman–Crippen MR) is 78.1 cm³/mol. The number of aliphatic hydroxyl groups excluding tert-OH is 1. The molecule has 1 aliphatic rings. The number of hydrogen-bond acceptors (Lipinski definition) is 3. The molecule has 1 heterocycles. The second-order valence-corrected chi connectivity index (χ2v) is 6.74. The maximum absolute atomic E-state index is 9.70. The summed E-state index contributed by atoms with van der Waals surface area (Å²) in [4.78, 5) is 1.43. The molecule has 2 N–H and O–H groups in total. The number of aryl methyl sites for hydroxylation is 1. The molecule has 1 aromatic rings. The Hall–Kier alpha value is -0.380. The molecule has 1 fully saturated rings. The average Bonchev–Trinajstić information content (AvgIpc) is 2.83. The van der Waals surface area contributed by atoms with Crippen LogP contribution in [0.1, 0.15) is 55.5 Å². The zero-order chi connectivity index (χ0) is 13.0. The first-order valence-electron chi connectivity index (χ1n) is 7.05. The van der Waals surface area contributed by atoms with Crippen molar-refractivity contribution in [3.8, 4) is 0 Å². The Bertz CT molecular complexity index is 368. The van der Waals surface area contributed by atoms with E-state index < -0.39 is 0 Å². The van der Waals surface area contributed by atoms with E-state index in [0.29, 0.717) is 12.6 Å². The standard InChI is InChI=1S/C15H25NOS/c1-12-6-9-18-14(12)13(2)16-10-15(11-17)7-4-3-5-8-15/h6,9,13,16-17H,3-5,7-8,10-11H2,1-2H3. The zero-order valence-electron chi connectivity index (χ0n) is 11.5. The van der Waals surface area contributed by atoms with Gasteiger partial charge in [-0.25, -0.2) is 0 Å². The van der Waals surface area contributed by atoms with Gasteiger partial charge in [-0.15, -0.1) is 11.3 Å². The van der Waals surface area contributed by atoms with Crippen molar-refractivity contribution in [1.82, 2.24) is 5.32 Å². The van der Waals surface area contributed by atoms with E-state index in [1.165, 1.54) is 42.5 Å². The molecule has 0 saturated heterocycles. The molecule has 1 atom stereocenters. The summed E-state index contributed by atoms with van der Waals surface area (Å²) in [6.45, 7) is 5.68. The van der Waals surface area contributed by atoms with E-state index in [1.807, 2.05) is 11.3 Å². The predicted octanol–water partition coefficient (Wildman–Crippen LogP) is 3.65. The third-order valence-corrected chi connectivity index (χ3v) is 5.53. The summed E-state index contributed by atoms with van der Waals surface area (Å²) in [7, 11) is 0. The van der Waals surface area contributed by atoms with Gasteiger partial charge in [0.05, 0.1) is 0 Å². The SMILES string of the molecule is Cc1ccsc1C(C)NCC1(CO)CCCCC1. The monoisotopic (exact) mass is 267 g/mol. The molecule has 1 saturated carbocycles. The molecule has 2 rings (SSSR count). The highest BCUT2D eigenvalue weighted by Crippen LogP contribution is 2.36. The van der Waals surface area contributed by atoms with Gasteiger partial charge in [-0.1, -0.05) is 19.3 Å². The van der Waals surface area contributed by atoms with Crippen molar-refractivity contribution in [3.63, 3.8) is 0 Å². The molecule has 0 amide bonds. The summed E-state index contributed by atoms with van der Waals surface area (Å²) in [6.07, 6.45) is 6.23. The van der Waals surface area contributed by atoms with Crippen molar-refractivity contribution in [2.75, 3.05) is 13.2 Å². The molecule has 0 aliphatic heterocycles. The molecule has 102 valence electrons. The maximum Gasteiger partial charge on any atom is 0.0499 e. The second-order valence-electron chi connectivity index (χ2n) is 5.79. The number of thiophene rings is 1. The normalized spacial score (nSPS) is 20.8. The van der Waals surface area contributed by atoms with Crippen LogP contribution in [0.25, 0.3) is 0 Å². The molecule has 0 bridgehead atoms. The summed E-state index contributed by atoms with van der Waals surface area (Å²) < 4.78 is 0. The highest BCUT2D eigenvalue weighted by atomic mass is 32.1. The van der Waals surface area contributed by atoms with Gasteiger partial charge in [0.2, 0.25) is 0 Å². The van der Waals surface area contributed by atoms with Crippen LogP contribution in [0.2, 0.25) is 0 Å². The molecule has 2 nitrogen and oxygen atoms in total.